The second-order valence-electron chi connectivity index (χ2n) is 5.40. The lowest BCUT2D eigenvalue weighted by Crippen LogP contribution is -2.39. The van der Waals surface area contributed by atoms with E-state index in [1.807, 2.05) is 23.9 Å². The second-order valence-corrected chi connectivity index (χ2v) is 7.65. The average molecular weight is 361 g/mol. The number of halogens is 2. The topological polar surface area (TPSA) is 38.0 Å². The van der Waals surface area contributed by atoms with Crippen LogP contribution in [0.1, 0.15) is 37.7 Å². The fourth-order valence-electron chi connectivity index (χ4n) is 2.60. The van der Waals surface area contributed by atoms with Crippen LogP contribution in [0.2, 0.25) is 0 Å². The van der Waals surface area contributed by atoms with Gasteiger partial charge < -0.3 is 0 Å². The molecule has 0 aromatic heterocycles. The lowest BCUT2D eigenvalue weighted by molar-refractivity contribution is 0.511. The maximum Gasteiger partial charge on any atom is 0.127 e. The monoisotopic (exact) mass is 360 g/mol. The Kier molecular flexibility index (Phi) is 6.81. The Morgan fingerprint density at radius 1 is 1.35 bits per heavy atom. The first-order chi connectivity index (χ1) is 9.69. The molecule has 0 heterocycles. The summed E-state index contributed by atoms with van der Waals surface area (Å²) < 4.78 is 14.6. The van der Waals surface area contributed by atoms with Crippen LogP contribution in [0.25, 0.3) is 0 Å². The Labute approximate surface area is 133 Å². The van der Waals surface area contributed by atoms with Crippen LogP contribution in [-0.4, -0.2) is 17.0 Å². The predicted octanol–water partition coefficient (Wildman–Crippen LogP) is 4.03. The van der Waals surface area contributed by atoms with E-state index in [1.54, 1.807) is 0 Å². The highest BCUT2D eigenvalue weighted by atomic mass is 79.9. The highest BCUT2D eigenvalue weighted by Gasteiger charge is 2.17. The first kappa shape index (κ1) is 16.3. The third kappa shape index (κ3) is 5.02. The summed E-state index contributed by atoms with van der Waals surface area (Å²) in [6.07, 6.45) is 7.33. The van der Waals surface area contributed by atoms with E-state index in [1.165, 1.54) is 38.2 Å². The maximum atomic E-state index is 13.8. The summed E-state index contributed by atoms with van der Waals surface area (Å²) in [6, 6.07) is 5.34. The molecule has 1 saturated carbocycles. The van der Waals surface area contributed by atoms with E-state index < -0.39 is 0 Å². The molecule has 0 aliphatic heterocycles. The summed E-state index contributed by atoms with van der Waals surface area (Å²) in [6.45, 7) is 0. The Morgan fingerprint density at radius 2 is 2.10 bits per heavy atom. The van der Waals surface area contributed by atoms with Crippen LogP contribution in [-0.2, 0) is 6.42 Å². The van der Waals surface area contributed by atoms with Gasteiger partial charge in [-0.05, 0) is 37.0 Å². The molecule has 0 radical (unpaired) electrons. The zero-order valence-electron chi connectivity index (χ0n) is 11.6. The van der Waals surface area contributed by atoms with Crippen LogP contribution >= 0.6 is 27.7 Å². The standard InChI is InChI=1S/C15H22BrFN2S/c16-12-7-6-11(15(17)9-12)8-13(19-18)10-20-14-4-2-1-3-5-14/h6-7,9,13-14,19H,1-5,8,10,18H2. The van der Waals surface area contributed by atoms with Crippen LogP contribution in [0, 0.1) is 5.82 Å². The largest absolute Gasteiger partial charge is 0.271 e. The van der Waals surface area contributed by atoms with Crippen molar-refractivity contribution in [3.8, 4) is 0 Å². The summed E-state index contributed by atoms with van der Waals surface area (Å²) >= 11 is 5.26. The van der Waals surface area contributed by atoms with Gasteiger partial charge in [0.1, 0.15) is 5.82 Å². The number of hydrogen-bond donors (Lipinski definition) is 2. The molecule has 0 spiro atoms. The fraction of sp³-hybridized carbons (Fsp3) is 0.600. The van der Waals surface area contributed by atoms with Gasteiger partial charge in [-0.1, -0.05) is 41.3 Å². The minimum Gasteiger partial charge on any atom is -0.271 e. The fourth-order valence-corrected chi connectivity index (χ4v) is 4.32. The van der Waals surface area contributed by atoms with Gasteiger partial charge in [-0.25, -0.2) is 4.39 Å². The number of rotatable bonds is 6. The second kappa shape index (κ2) is 8.37. The molecule has 20 heavy (non-hydrogen) atoms. The van der Waals surface area contributed by atoms with Gasteiger partial charge >= 0.3 is 0 Å². The average Bonchev–Trinajstić information content (AvgIpc) is 2.46. The quantitative estimate of drug-likeness (QED) is 0.594. The first-order valence-corrected chi connectivity index (χ1v) is 9.05. The molecule has 1 aromatic rings. The van der Waals surface area contributed by atoms with Gasteiger partial charge in [0, 0.05) is 21.5 Å². The normalized spacial score (nSPS) is 18.1. The number of hydrogen-bond acceptors (Lipinski definition) is 3. The van der Waals surface area contributed by atoms with E-state index >= 15 is 0 Å². The number of benzene rings is 1. The summed E-state index contributed by atoms with van der Waals surface area (Å²) in [5.74, 6) is 6.40. The number of nitrogens with one attached hydrogen (secondary N) is 1. The number of hydrazine groups is 1. The van der Waals surface area contributed by atoms with Crippen LogP contribution in [0.5, 0.6) is 0 Å². The predicted molar refractivity (Wildman–Crippen MR) is 88.2 cm³/mol. The summed E-state index contributed by atoms with van der Waals surface area (Å²) in [7, 11) is 0. The van der Waals surface area contributed by atoms with Crippen molar-refractivity contribution in [2.45, 2.75) is 49.8 Å². The Morgan fingerprint density at radius 3 is 2.75 bits per heavy atom. The zero-order valence-corrected chi connectivity index (χ0v) is 14.0. The van der Waals surface area contributed by atoms with Crippen LogP contribution in [0.4, 0.5) is 4.39 Å². The molecule has 3 N–H and O–H groups in total. The molecule has 1 aliphatic carbocycles. The number of thioether (sulfide) groups is 1. The van der Waals surface area contributed by atoms with Crippen molar-refractivity contribution < 1.29 is 4.39 Å². The Hall–Kier alpha value is -0.100. The van der Waals surface area contributed by atoms with Crippen molar-refractivity contribution in [1.29, 1.82) is 0 Å². The van der Waals surface area contributed by atoms with Gasteiger partial charge in [-0.3, -0.25) is 11.3 Å². The maximum absolute atomic E-state index is 13.8. The molecule has 112 valence electrons. The molecule has 0 amide bonds. The van der Waals surface area contributed by atoms with Gasteiger partial charge in [-0.2, -0.15) is 11.8 Å². The van der Waals surface area contributed by atoms with Crippen LogP contribution in [0.15, 0.2) is 22.7 Å². The van der Waals surface area contributed by atoms with Crippen molar-refractivity contribution >= 4 is 27.7 Å². The number of nitrogens with two attached hydrogens (primary N) is 1. The molecule has 1 atom stereocenters. The third-order valence-corrected chi connectivity index (χ3v) is 5.83. The summed E-state index contributed by atoms with van der Waals surface area (Å²) in [5.41, 5.74) is 3.56. The van der Waals surface area contributed by atoms with Gasteiger partial charge in [0.2, 0.25) is 0 Å². The van der Waals surface area contributed by atoms with Crippen molar-refractivity contribution in [2.75, 3.05) is 5.75 Å². The van der Waals surface area contributed by atoms with Crippen LogP contribution in [0.3, 0.4) is 0 Å². The molecule has 5 heteroatoms. The minimum atomic E-state index is -0.165. The lowest BCUT2D eigenvalue weighted by atomic mass is 10.0. The van der Waals surface area contributed by atoms with Gasteiger partial charge in [0.25, 0.3) is 0 Å². The van der Waals surface area contributed by atoms with Gasteiger partial charge in [-0.15, -0.1) is 0 Å². The van der Waals surface area contributed by atoms with Crippen molar-refractivity contribution in [1.82, 2.24) is 5.43 Å². The molecule has 1 fully saturated rings. The molecule has 1 aliphatic rings. The first-order valence-electron chi connectivity index (χ1n) is 7.20. The van der Waals surface area contributed by atoms with E-state index in [4.69, 9.17) is 5.84 Å². The smallest absolute Gasteiger partial charge is 0.127 e. The molecule has 0 saturated heterocycles. The molecular formula is C15H22BrFN2S. The van der Waals surface area contributed by atoms with E-state index in [0.717, 1.165) is 21.0 Å². The van der Waals surface area contributed by atoms with Crippen molar-refractivity contribution in [2.24, 2.45) is 5.84 Å². The highest BCUT2D eigenvalue weighted by molar-refractivity contribution is 9.10. The van der Waals surface area contributed by atoms with E-state index in [9.17, 15) is 4.39 Å². The molecule has 0 bridgehead atoms. The minimum absolute atomic E-state index is 0.123. The van der Waals surface area contributed by atoms with Crippen molar-refractivity contribution in [3.63, 3.8) is 0 Å². The van der Waals surface area contributed by atoms with E-state index in [2.05, 4.69) is 21.4 Å². The van der Waals surface area contributed by atoms with E-state index in [-0.39, 0.29) is 11.9 Å². The van der Waals surface area contributed by atoms with Crippen molar-refractivity contribution in [3.05, 3.63) is 34.1 Å². The molecule has 1 unspecified atom stereocenters. The molecule has 2 nitrogen and oxygen atoms in total. The SMILES string of the molecule is NNC(CSC1CCCCC1)Cc1ccc(Br)cc1F. The molecule has 1 aromatic carbocycles. The lowest BCUT2D eigenvalue weighted by Gasteiger charge is -2.24. The summed E-state index contributed by atoms with van der Waals surface area (Å²) in [5, 5.41) is 0.759. The van der Waals surface area contributed by atoms with E-state index in [0.29, 0.717) is 6.42 Å². The van der Waals surface area contributed by atoms with Gasteiger partial charge in [0.15, 0.2) is 0 Å². The summed E-state index contributed by atoms with van der Waals surface area (Å²) in [4.78, 5) is 0. The van der Waals surface area contributed by atoms with Crippen LogP contribution < -0.4 is 11.3 Å². The third-order valence-electron chi connectivity index (χ3n) is 3.80. The Balaban J connectivity index is 1.84. The molecule has 2 rings (SSSR count). The Bertz CT molecular complexity index is 424. The molecular weight excluding hydrogens is 339 g/mol. The zero-order chi connectivity index (χ0) is 14.4. The van der Waals surface area contributed by atoms with Gasteiger partial charge in [0.05, 0.1) is 0 Å². The highest BCUT2D eigenvalue weighted by Crippen LogP contribution is 2.29.